The molecule has 0 aliphatic carbocycles. The lowest BCUT2D eigenvalue weighted by atomic mass is 10.2. The number of pyridine rings is 2. The summed E-state index contributed by atoms with van der Waals surface area (Å²) in [4.78, 5) is 6.44. The molecule has 27 heavy (non-hydrogen) atoms. The normalized spacial score (nSPS) is 11.3. The summed E-state index contributed by atoms with van der Waals surface area (Å²) < 4.78 is 68.7. The number of halogens is 4. The van der Waals surface area contributed by atoms with Gasteiger partial charge >= 0.3 is 0 Å². The van der Waals surface area contributed by atoms with Gasteiger partial charge in [0.15, 0.2) is 5.82 Å². The van der Waals surface area contributed by atoms with Gasteiger partial charge in [-0.25, -0.2) is 26.2 Å². The Bertz CT molecular complexity index is 1070. The molecule has 0 spiro atoms. The molecule has 0 aliphatic heterocycles. The van der Waals surface area contributed by atoms with Gasteiger partial charge in [-0.1, -0.05) is 0 Å². The first-order valence-electron chi connectivity index (χ1n) is 7.37. The van der Waals surface area contributed by atoms with Crippen molar-refractivity contribution in [1.82, 2.24) is 19.3 Å². The average molecular weight is 419 g/mol. The first-order valence-corrected chi connectivity index (χ1v) is 8.81. The van der Waals surface area contributed by atoms with Crippen LogP contribution in [0.1, 0.15) is 5.56 Å². The number of hydrogen-bond donors (Lipinski definition) is 1. The van der Waals surface area contributed by atoms with E-state index in [2.05, 4.69) is 15.3 Å². The second-order valence-electron chi connectivity index (χ2n) is 5.33. The van der Waals surface area contributed by atoms with E-state index in [1.165, 1.54) is 12.1 Å². The van der Waals surface area contributed by atoms with Crippen molar-refractivity contribution in [3.63, 3.8) is 0 Å². The van der Waals surface area contributed by atoms with Crippen molar-refractivity contribution in [2.24, 2.45) is 0 Å². The molecule has 11 heteroatoms. The number of hydrogen-bond acceptors (Lipinski definition) is 5. The zero-order valence-corrected chi connectivity index (χ0v) is 15.5. The predicted molar refractivity (Wildman–Crippen MR) is 94.4 cm³/mol. The predicted octanol–water partition coefficient (Wildman–Crippen LogP) is 2.74. The summed E-state index contributed by atoms with van der Waals surface area (Å²) in [5, 5.41) is 2.70. The maximum Gasteiger partial charge on any atom is 0.269 e. The van der Waals surface area contributed by atoms with E-state index in [-0.39, 0.29) is 30.1 Å². The van der Waals surface area contributed by atoms with Crippen LogP contribution in [0.2, 0.25) is 0 Å². The zero-order valence-electron chi connectivity index (χ0n) is 13.9. The molecule has 3 rings (SSSR count). The molecule has 144 valence electrons. The molecule has 0 saturated carbocycles. The standard InChI is InChI=1S/C16H13F3N4O2S.ClH/c1-20-6-10-9-23(26(24,25)12-5-11(17)7-21-8-12)15(14(10)18)13-3-2-4-22-16(13)19;/h2-5,7-9,20H,6H2,1H3;1H. The molecule has 0 bridgehead atoms. The van der Waals surface area contributed by atoms with Crippen LogP contribution in [-0.4, -0.2) is 29.4 Å². The van der Waals surface area contributed by atoms with Gasteiger partial charge in [-0.2, -0.15) is 4.39 Å². The molecular formula is C16H14ClF3N4O2S. The Kier molecular flexibility index (Phi) is 6.24. The first kappa shape index (κ1) is 20.9. The first-order chi connectivity index (χ1) is 12.4. The molecule has 0 fully saturated rings. The molecule has 0 aliphatic rings. The lowest BCUT2D eigenvalue weighted by molar-refractivity contribution is 0.573. The minimum absolute atomic E-state index is 0. The van der Waals surface area contributed by atoms with Crippen molar-refractivity contribution in [2.75, 3.05) is 7.05 Å². The Morgan fingerprint density at radius 1 is 1.22 bits per heavy atom. The van der Waals surface area contributed by atoms with Crippen molar-refractivity contribution < 1.29 is 21.6 Å². The summed E-state index contributed by atoms with van der Waals surface area (Å²) in [5.41, 5.74) is -0.857. The van der Waals surface area contributed by atoms with E-state index < -0.39 is 38.2 Å². The Balaban J connectivity index is 0.00000261. The molecule has 1 N–H and O–H groups in total. The minimum Gasteiger partial charge on any atom is -0.316 e. The molecule has 0 atom stereocenters. The SMILES string of the molecule is CNCc1cn(S(=O)(=O)c2cncc(F)c2)c(-c2cccnc2F)c1F.Cl. The summed E-state index contributed by atoms with van der Waals surface area (Å²) in [6, 6.07) is 3.31. The van der Waals surface area contributed by atoms with E-state index in [4.69, 9.17) is 0 Å². The summed E-state index contributed by atoms with van der Waals surface area (Å²) in [6.07, 6.45) is 3.94. The third-order valence-electron chi connectivity index (χ3n) is 3.60. The topological polar surface area (TPSA) is 76.9 Å². The van der Waals surface area contributed by atoms with Crippen molar-refractivity contribution in [3.05, 3.63) is 66.1 Å². The Morgan fingerprint density at radius 2 is 1.96 bits per heavy atom. The van der Waals surface area contributed by atoms with Crippen LogP contribution in [0, 0.1) is 17.6 Å². The minimum atomic E-state index is -4.43. The van der Waals surface area contributed by atoms with E-state index >= 15 is 0 Å². The molecule has 3 aromatic heterocycles. The number of nitrogens with zero attached hydrogens (tertiary/aromatic N) is 3. The van der Waals surface area contributed by atoms with Gasteiger partial charge in [0, 0.05) is 30.7 Å². The van der Waals surface area contributed by atoms with E-state index in [0.29, 0.717) is 3.97 Å². The molecule has 0 radical (unpaired) electrons. The van der Waals surface area contributed by atoms with Gasteiger partial charge in [-0.15, -0.1) is 12.4 Å². The molecule has 0 unspecified atom stereocenters. The molecule has 3 heterocycles. The highest BCUT2D eigenvalue weighted by molar-refractivity contribution is 7.90. The van der Waals surface area contributed by atoms with Crippen LogP contribution in [0.25, 0.3) is 11.3 Å². The number of rotatable bonds is 5. The van der Waals surface area contributed by atoms with E-state index in [9.17, 15) is 21.6 Å². The largest absolute Gasteiger partial charge is 0.316 e. The lowest BCUT2D eigenvalue weighted by Crippen LogP contribution is -2.15. The van der Waals surface area contributed by atoms with Crippen LogP contribution in [0.5, 0.6) is 0 Å². The molecule has 0 amide bonds. The van der Waals surface area contributed by atoms with Gasteiger partial charge in [0.25, 0.3) is 10.0 Å². The van der Waals surface area contributed by atoms with Gasteiger partial charge in [-0.3, -0.25) is 4.98 Å². The quantitative estimate of drug-likeness (QED) is 0.645. The fourth-order valence-corrected chi connectivity index (χ4v) is 3.83. The van der Waals surface area contributed by atoms with Crippen LogP contribution in [0.4, 0.5) is 13.2 Å². The third-order valence-corrected chi connectivity index (χ3v) is 5.23. The fourth-order valence-electron chi connectivity index (χ4n) is 2.46. The van der Waals surface area contributed by atoms with Gasteiger partial charge in [0.05, 0.1) is 11.8 Å². The summed E-state index contributed by atoms with van der Waals surface area (Å²) in [7, 11) is -2.88. The highest BCUT2D eigenvalue weighted by atomic mass is 35.5. The third kappa shape index (κ3) is 3.82. The summed E-state index contributed by atoms with van der Waals surface area (Å²) in [6.45, 7) is 0.00460. The molecular weight excluding hydrogens is 405 g/mol. The van der Waals surface area contributed by atoms with Gasteiger partial charge in [-0.05, 0) is 25.2 Å². The van der Waals surface area contributed by atoms with Crippen LogP contribution in [0.3, 0.4) is 0 Å². The van der Waals surface area contributed by atoms with Crippen molar-refractivity contribution >= 4 is 22.4 Å². The van der Waals surface area contributed by atoms with Crippen molar-refractivity contribution in [3.8, 4) is 11.3 Å². The summed E-state index contributed by atoms with van der Waals surface area (Å²) >= 11 is 0. The van der Waals surface area contributed by atoms with Crippen molar-refractivity contribution in [2.45, 2.75) is 11.4 Å². The Hall–Kier alpha value is -2.43. The molecule has 0 saturated heterocycles. The molecule has 0 aromatic carbocycles. The maximum atomic E-state index is 14.9. The molecule has 3 aromatic rings. The van der Waals surface area contributed by atoms with Crippen LogP contribution < -0.4 is 5.32 Å². The Labute approximate surface area is 159 Å². The highest BCUT2D eigenvalue weighted by Gasteiger charge is 2.28. The highest BCUT2D eigenvalue weighted by Crippen LogP contribution is 2.31. The van der Waals surface area contributed by atoms with Gasteiger partial charge < -0.3 is 5.32 Å². The summed E-state index contributed by atoms with van der Waals surface area (Å²) in [5.74, 6) is -2.82. The maximum absolute atomic E-state index is 14.9. The van der Waals surface area contributed by atoms with Gasteiger partial charge in [0.1, 0.15) is 16.4 Å². The Morgan fingerprint density at radius 3 is 2.59 bits per heavy atom. The van der Waals surface area contributed by atoms with Crippen LogP contribution in [0.15, 0.2) is 47.9 Å². The number of nitrogens with one attached hydrogen (secondary N) is 1. The van der Waals surface area contributed by atoms with E-state index in [1.54, 1.807) is 7.05 Å². The van der Waals surface area contributed by atoms with Crippen LogP contribution in [-0.2, 0) is 16.6 Å². The van der Waals surface area contributed by atoms with E-state index in [0.717, 1.165) is 30.9 Å². The zero-order chi connectivity index (χ0) is 18.9. The smallest absolute Gasteiger partial charge is 0.269 e. The van der Waals surface area contributed by atoms with Gasteiger partial charge in [0.2, 0.25) is 5.95 Å². The number of aromatic nitrogens is 3. The monoisotopic (exact) mass is 418 g/mol. The molecule has 6 nitrogen and oxygen atoms in total. The second-order valence-corrected chi connectivity index (χ2v) is 7.14. The van der Waals surface area contributed by atoms with E-state index in [1.807, 2.05) is 0 Å². The van der Waals surface area contributed by atoms with Crippen molar-refractivity contribution in [1.29, 1.82) is 0 Å². The lowest BCUT2D eigenvalue weighted by Gasteiger charge is -2.10. The van der Waals surface area contributed by atoms with Crippen LogP contribution >= 0.6 is 12.4 Å². The fraction of sp³-hybridized carbons (Fsp3) is 0.125. The average Bonchev–Trinajstić information content (AvgIpc) is 2.93. The second kappa shape index (κ2) is 8.07.